The number of anilines is 1. The van der Waals surface area contributed by atoms with Crippen molar-refractivity contribution in [2.45, 2.75) is 19.3 Å². The summed E-state index contributed by atoms with van der Waals surface area (Å²) in [4.78, 5) is 26.0. The molecule has 1 fully saturated rings. The van der Waals surface area contributed by atoms with Crippen molar-refractivity contribution in [3.05, 3.63) is 29.8 Å². The van der Waals surface area contributed by atoms with E-state index in [1.54, 1.807) is 0 Å². The summed E-state index contributed by atoms with van der Waals surface area (Å²) in [7, 11) is -3.12. The summed E-state index contributed by atoms with van der Waals surface area (Å²) in [5.74, 6) is -1.45. The summed E-state index contributed by atoms with van der Waals surface area (Å²) in [5, 5.41) is 0. The van der Waals surface area contributed by atoms with Crippen molar-refractivity contribution in [3.63, 3.8) is 0 Å². The third-order valence-electron chi connectivity index (χ3n) is 4.47. The Labute approximate surface area is 141 Å². The maximum atomic E-state index is 12.1. The highest BCUT2D eigenvalue weighted by Crippen LogP contribution is 2.26. The number of hydrogen-bond donors (Lipinski definition) is 2. The summed E-state index contributed by atoms with van der Waals surface area (Å²) in [6, 6.07) is 7.97. The van der Waals surface area contributed by atoms with E-state index in [1.807, 2.05) is 23.1 Å². The number of para-hydroxylation sites is 1. The molecule has 1 atom stereocenters. The molecule has 8 heteroatoms. The smallest absolute Gasteiger partial charge is 0.257 e. The lowest BCUT2D eigenvalue weighted by atomic mass is 10.0. The maximum absolute atomic E-state index is 12.1. The van der Waals surface area contributed by atoms with Gasteiger partial charge < -0.3 is 4.90 Å². The predicted molar refractivity (Wildman–Crippen MR) is 90.0 cm³/mol. The fourth-order valence-electron chi connectivity index (χ4n) is 3.22. The van der Waals surface area contributed by atoms with E-state index in [0.29, 0.717) is 6.42 Å². The summed E-state index contributed by atoms with van der Waals surface area (Å²) in [6.07, 6.45) is 2.29. The van der Waals surface area contributed by atoms with Crippen LogP contribution in [0.15, 0.2) is 24.3 Å². The SMILES string of the molecule is O=C(CN1CCCc2ccccc21)NNC(=O)[C@H]1CCS(=O)(=O)C1. The van der Waals surface area contributed by atoms with Crippen molar-refractivity contribution in [3.8, 4) is 0 Å². The number of hydrogen-bond acceptors (Lipinski definition) is 5. The van der Waals surface area contributed by atoms with Crippen molar-refractivity contribution in [2.24, 2.45) is 5.92 Å². The van der Waals surface area contributed by atoms with Crippen LogP contribution in [0.5, 0.6) is 0 Å². The normalized spacial score (nSPS) is 21.8. The Bertz CT molecular complexity index is 747. The lowest BCUT2D eigenvalue weighted by molar-refractivity contribution is -0.130. The number of nitrogens with one attached hydrogen (secondary N) is 2. The minimum absolute atomic E-state index is 0.0313. The molecule has 1 aromatic rings. The Balaban J connectivity index is 1.51. The standard InChI is InChI=1S/C16H21N3O4S/c20-15(17-18-16(21)13-7-9-24(22,23)11-13)10-19-8-3-5-12-4-1-2-6-14(12)19/h1-2,4,6,13H,3,5,7-11H2,(H,17,20)(H,18,21)/t13-/m0/s1. The topological polar surface area (TPSA) is 95.6 Å². The lowest BCUT2D eigenvalue weighted by Crippen LogP contribution is -2.49. The highest BCUT2D eigenvalue weighted by Gasteiger charge is 2.33. The van der Waals surface area contributed by atoms with E-state index in [4.69, 9.17) is 0 Å². The Morgan fingerprint density at radius 1 is 1.21 bits per heavy atom. The number of aryl methyl sites for hydroxylation is 1. The zero-order chi connectivity index (χ0) is 17.2. The fourth-order valence-corrected chi connectivity index (χ4v) is 4.97. The molecule has 2 N–H and O–H groups in total. The van der Waals surface area contributed by atoms with Gasteiger partial charge in [0.25, 0.3) is 5.91 Å². The first kappa shape index (κ1) is 16.8. The minimum Gasteiger partial charge on any atom is -0.362 e. The van der Waals surface area contributed by atoms with Gasteiger partial charge in [-0.3, -0.25) is 20.4 Å². The highest BCUT2D eigenvalue weighted by atomic mass is 32.2. The van der Waals surface area contributed by atoms with Crippen molar-refractivity contribution >= 4 is 27.3 Å². The average Bonchev–Trinajstić information content (AvgIpc) is 2.93. The van der Waals surface area contributed by atoms with E-state index in [9.17, 15) is 18.0 Å². The fraction of sp³-hybridized carbons (Fsp3) is 0.500. The number of carbonyl (C=O) groups is 2. The van der Waals surface area contributed by atoms with Gasteiger partial charge in [0.15, 0.2) is 9.84 Å². The van der Waals surface area contributed by atoms with Crippen LogP contribution in [0.3, 0.4) is 0 Å². The molecule has 2 heterocycles. The summed E-state index contributed by atoms with van der Waals surface area (Å²) >= 11 is 0. The molecule has 0 spiro atoms. The van der Waals surface area contributed by atoms with Crippen LogP contribution in [0.2, 0.25) is 0 Å². The molecule has 7 nitrogen and oxygen atoms in total. The van der Waals surface area contributed by atoms with Crippen LogP contribution in [0.25, 0.3) is 0 Å². The molecule has 0 aliphatic carbocycles. The molecule has 0 aromatic heterocycles. The second-order valence-corrected chi connectivity index (χ2v) is 8.52. The molecule has 24 heavy (non-hydrogen) atoms. The predicted octanol–water partition coefficient (Wildman–Crippen LogP) is 0.0213. The molecule has 1 saturated heterocycles. The van der Waals surface area contributed by atoms with Gasteiger partial charge in [-0.05, 0) is 30.9 Å². The Morgan fingerprint density at radius 2 is 2.00 bits per heavy atom. The van der Waals surface area contributed by atoms with Gasteiger partial charge in [0, 0.05) is 12.2 Å². The number of fused-ring (bicyclic) bond motifs is 1. The first-order valence-electron chi connectivity index (χ1n) is 8.06. The van der Waals surface area contributed by atoms with E-state index in [0.717, 1.165) is 25.1 Å². The van der Waals surface area contributed by atoms with Gasteiger partial charge in [-0.2, -0.15) is 0 Å². The molecule has 0 unspecified atom stereocenters. The van der Waals surface area contributed by atoms with E-state index in [-0.39, 0.29) is 24.0 Å². The van der Waals surface area contributed by atoms with Crippen LogP contribution in [-0.4, -0.2) is 44.8 Å². The van der Waals surface area contributed by atoms with Crippen LogP contribution >= 0.6 is 0 Å². The Kier molecular flexibility index (Phi) is 4.75. The summed E-state index contributed by atoms with van der Waals surface area (Å²) in [5.41, 5.74) is 7.00. The summed E-state index contributed by atoms with van der Waals surface area (Å²) in [6.45, 7) is 0.944. The molecule has 2 aliphatic heterocycles. The van der Waals surface area contributed by atoms with Crippen molar-refractivity contribution in [1.82, 2.24) is 10.9 Å². The number of carbonyl (C=O) groups excluding carboxylic acids is 2. The van der Waals surface area contributed by atoms with Crippen molar-refractivity contribution in [2.75, 3.05) is 29.5 Å². The summed E-state index contributed by atoms with van der Waals surface area (Å²) < 4.78 is 22.8. The Morgan fingerprint density at radius 3 is 2.75 bits per heavy atom. The monoisotopic (exact) mass is 351 g/mol. The van der Waals surface area contributed by atoms with E-state index in [2.05, 4.69) is 16.9 Å². The van der Waals surface area contributed by atoms with E-state index >= 15 is 0 Å². The molecule has 2 amide bonds. The molecule has 0 bridgehead atoms. The largest absolute Gasteiger partial charge is 0.362 e. The zero-order valence-corrected chi connectivity index (χ0v) is 14.1. The highest BCUT2D eigenvalue weighted by molar-refractivity contribution is 7.91. The zero-order valence-electron chi connectivity index (χ0n) is 13.3. The minimum atomic E-state index is -3.12. The quantitative estimate of drug-likeness (QED) is 0.749. The molecular weight excluding hydrogens is 330 g/mol. The van der Waals surface area contributed by atoms with Crippen molar-refractivity contribution in [1.29, 1.82) is 0 Å². The lowest BCUT2D eigenvalue weighted by Gasteiger charge is -2.30. The third-order valence-corrected chi connectivity index (χ3v) is 6.24. The van der Waals surface area contributed by atoms with Gasteiger partial charge in [-0.15, -0.1) is 0 Å². The van der Waals surface area contributed by atoms with Crippen LogP contribution in [0.4, 0.5) is 5.69 Å². The van der Waals surface area contributed by atoms with Gasteiger partial charge in [0.1, 0.15) is 0 Å². The Hall–Kier alpha value is -2.09. The van der Waals surface area contributed by atoms with Crippen LogP contribution < -0.4 is 15.8 Å². The molecule has 0 saturated carbocycles. The van der Waals surface area contributed by atoms with E-state index in [1.165, 1.54) is 5.56 Å². The van der Waals surface area contributed by atoms with Crippen molar-refractivity contribution < 1.29 is 18.0 Å². The van der Waals surface area contributed by atoms with Gasteiger partial charge in [0.05, 0.1) is 24.0 Å². The van der Waals surface area contributed by atoms with E-state index < -0.39 is 21.7 Å². The molecule has 130 valence electrons. The number of benzene rings is 1. The van der Waals surface area contributed by atoms with Crippen LogP contribution in [0, 0.1) is 5.92 Å². The first-order valence-corrected chi connectivity index (χ1v) is 9.89. The van der Waals surface area contributed by atoms with Crippen LogP contribution in [0.1, 0.15) is 18.4 Å². The number of amides is 2. The van der Waals surface area contributed by atoms with Gasteiger partial charge in [-0.1, -0.05) is 18.2 Å². The molecule has 2 aliphatic rings. The first-order chi connectivity index (χ1) is 11.4. The molecular formula is C16H21N3O4S. The third kappa shape index (κ3) is 3.87. The van der Waals surface area contributed by atoms with Crippen LogP contribution in [-0.2, 0) is 25.8 Å². The number of rotatable bonds is 3. The second-order valence-electron chi connectivity index (χ2n) is 6.29. The molecule has 3 rings (SSSR count). The van der Waals surface area contributed by atoms with Gasteiger partial charge in [0.2, 0.25) is 5.91 Å². The van der Waals surface area contributed by atoms with Gasteiger partial charge >= 0.3 is 0 Å². The maximum Gasteiger partial charge on any atom is 0.257 e. The number of hydrazine groups is 1. The number of nitrogens with zero attached hydrogens (tertiary/aromatic N) is 1. The molecule has 0 radical (unpaired) electrons. The van der Waals surface area contributed by atoms with Gasteiger partial charge in [-0.25, -0.2) is 8.42 Å². The second kappa shape index (κ2) is 6.80. The molecule has 1 aromatic carbocycles. The number of sulfone groups is 1. The average molecular weight is 351 g/mol.